The van der Waals surface area contributed by atoms with E-state index in [1.54, 1.807) is 13.0 Å². The fourth-order valence-corrected chi connectivity index (χ4v) is 12.0. The number of allylic oxidation sites excluding steroid dienone is 1. The van der Waals surface area contributed by atoms with Gasteiger partial charge in [0.05, 0.1) is 23.1 Å². The van der Waals surface area contributed by atoms with Gasteiger partial charge in [-0.25, -0.2) is 13.1 Å². The minimum atomic E-state index is -3.93. The van der Waals surface area contributed by atoms with Crippen LogP contribution < -0.4 is 14.4 Å². The highest BCUT2D eigenvalue weighted by atomic mass is 35.5. The van der Waals surface area contributed by atoms with E-state index in [1.165, 1.54) is 11.1 Å². The zero-order chi connectivity index (χ0) is 36.3. The molecule has 52 heavy (non-hydrogen) atoms. The van der Waals surface area contributed by atoms with Gasteiger partial charge in [0, 0.05) is 62.4 Å². The largest absolute Gasteiger partial charge is 0.490 e. The maximum Gasteiger partial charge on any atom is 0.264 e. The zero-order valence-electron chi connectivity index (χ0n) is 30.9. The number of amides is 1. The maximum absolute atomic E-state index is 13.8. The number of nitrogens with one attached hydrogen (secondary N) is 1. The number of piperidine rings is 1. The van der Waals surface area contributed by atoms with Crippen LogP contribution in [0.1, 0.15) is 86.7 Å². The number of sulfonamides is 1. The first-order valence-corrected chi connectivity index (χ1v) is 21.3. The molecule has 3 aliphatic carbocycles. The molecule has 6 aliphatic rings. The first-order valence-electron chi connectivity index (χ1n) is 19.4. The molecule has 0 radical (unpaired) electrons. The summed E-state index contributed by atoms with van der Waals surface area (Å²) in [4.78, 5) is 18.7. The predicted octanol–water partition coefficient (Wildman–Crippen LogP) is 6.52. The Labute approximate surface area is 314 Å². The smallest absolute Gasteiger partial charge is 0.264 e. The molecule has 1 N–H and O–H groups in total. The maximum atomic E-state index is 13.8. The van der Waals surface area contributed by atoms with Gasteiger partial charge in [0.2, 0.25) is 10.0 Å². The molecule has 282 valence electrons. The standard InChI is InChI=1S/C41H54ClN3O6S/c1-4-51-41(26-44-19-15-33(49-3)16-20-44)18-6-8-31-23-39(31,2)52(47,48)43-38(46)29-10-14-37-36(22-29)45(24-30-9-12-35(30)41)25-40(27-50-37)17-5-7-28-21-32(42)11-13-34(28)40/h6,10-11,13-14,18,21-22,30-31,33,35H,4-5,7-9,12,15-17,19-20,23-27H2,1-3H3,(H,43,46)/b18-6+/t30-,31+,35+,39+,40-,41+/m0/s1. The summed E-state index contributed by atoms with van der Waals surface area (Å²) in [5, 5.41) is 0.750. The van der Waals surface area contributed by atoms with Gasteiger partial charge in [-0.05, 0) is 131 Å². The van der Waals surface area contributed by atoms with Crippen molar-refractivity contribution in [1.82, 2.24) is 9.62 Å². The van der Waals surface area contributed by atoms with Crippen LogP contribution in [-0.2, 0) is 31.3 Å². The summed E-state index contributed by atoms with van der Waals surface area (Å²) in [6.07, 6.45) is 13.1. The minimum Gasteiger partial charge on any atom is -0.490 e. The molecule has 9 nitrogen and oxygen atoms in total. The van der Waals surface area contributed by atoms with Crippen molar-refractivity contribution in [3.05, 3.63) is 70.3 Å². The van der Waals surface area contributed by atoms with E-state index in [0.29, 0.717) is 43.6 Å². The van der Waals surface area contributed by atoms with Crippen molar-refractivity contribution in [3.8, 4) is 5.75 Å². The zero-order valence-corrected chi connectivity index (χ0v) is 32.4. The van der Waals surface area contributed by atoms with E-state index in [4.69, 9.17) is 25.8 Å². The lowest BCUT2D eigenvalue weighted by Crippen LogP contribution is -2.58. The number of anilines is 1. The van der Waals surface area contributed by atoms with Gasteiger partial charge in [-0.1, -0.05) is 29.8 Å². The summed E-state index contributed by atoms with van der Waals surface area (Å²) < 4.78 is 48.3. The van der Waals surface area contributed by atoms with E-state index in [1.807, 2.05) is 25.3 Å². The van der Waals surface area contributed by atoms with Crippen molar-refractivity contribution in [2.45, 2.75) is 93.5 Å². The number of carbonyl (C=O) groups excluding carboxylic acids is 1. The number of ether oxygens (including phenoxy) is 3. The van der Waals surface area contributed by atoms with E-state index in [9.17, 15) is 13.2 Å². The van der Waals surface area contributed by atoms with Crippen molar-refractivity contribution in [2.75, 3.05) is 57.9 Å². The average Bonchev–Trinajstić information content (AvgIpc) is 3.82. The van der Waals surface area contributed by atoms with E-state index >= 15 is 0 Å². The molecule has 0 unspecified atom stereocenters. The minimum absolute atomic E-state index is 0.0729. The number of carbonyl (C=O) groups is 1. The lowest BCUT2D eigenvalue weighted by Gasteiger charge is -2.52. The van der Waals surface area contributed by atoms with E-state index in [2.05, 4.69) is 45.7 Å². The molecule has 8 rings (SSSR count). The van der Waals surface area contributed by atoms with Gasteiger partial charge < -0.3 is 19.1 Å². The molecule has 2 aromatic rings. The van der Waals surface area contributed by atoms with Crippen LogP contribution in [0.5, 0.6) is 5.75 Å². The van der Waals surface area contributed by atoms with Crippen LogP contribution in [0.25, 0.3) is 0 Å². The third-order valence-corrected chi connectivity index (χ3v) is 16.0. The van der Waals surface area contributed by atoms with Gasteiger partial charge in [-0.2, -0.15) is 0 Å². The Hall–Kier alpha value is -2.63. The molecule has 11 heteroatoms. The summed E-state index contributed by atoms with van der Waals surface area (Å²) in [5.74, 6) is 0.680. The molecule has 3 fully saturated rings. The molecule has 2 bridgehead atoms. The number of aryl methyl sites for hydroxylation is 1. The fourth-order valence-electron chi connectivity index (χ4n) is 10.2. The van der Waals surface area contributed by atoms with Crippen LogP contribution in [0.3, 0.4) is 0 Å². The second kappa shape index (κ2) is 13.9. The number of methoxy groups -OCH3 is 1. The molecular formula is C41H54ClN3O6S. The van der Waals surface area contributed by atoms with Gasteiger partial charge in [-0.15, -0.1) is 0 Å². The quantitative estimate of drug-likeness (QED) is 0.345. The van der Waals surface area contributed by atoms with E-state index in [0.717, 1.165) is 94.1 Å². The topological polar surface area (TPSA) is 97.4 Å². The number of likely N-dealkylation sites (tertiary alicyclic amines) is 1. The Morgan fingerprint density at radius 2 is 1.92 bits per heavy atom. The SMILES string of the molecule is CCO[C@@]1(CN2CCC(OC)CC2)/C=C/C[C@@H]2C[C@@]2(C)S(=O)(=O)NC(=O)c2ccc3c(c2)N(C[C@@H]2CC[C@H]21)C[C@@]1(CCCc2cc(Cl)ccc21)CO3. The fraction of sp³-hybridized carbons (Fsp3) is 0.634. The Kier molecular flexibility index (Phi) is 9.72. The lowest BCUT2D eigenvalue weighted by atomic mass is 9.63. The highest BCUT2D eigenvalue weighted by Gasteiger charge is 2.60. The second-order valence-electron chi connectivity index (χ2n) is 16.6. The number of hydrogen-bond donors (Lipinski definition) is 1. The van der Waals surface area contributed by atoms with Gasteiger partial charge >= 0.3 is 0 Å². The van der Waals surface area contributed by atoms with Crippen LogP contribution in [0.4, 0.5) is 5.69 Å². The molecule has 1 saturated heterocycles. The Bertz CT molecular complexity index is 1830. The van der Waals surface area contributed by atoms with Crippen LogP contribution in [0.15, 0.2) is 48.6 Å². The Morgan fingerprint density at radius 3 is 2.67 bits per heavy atom. The van der Waals surface area contributed by atoms with Crippen LogP contribution in [-0.4, -0.2) is 88.7 Å². The average molecular weight is 752 g/mol. The molecule has 3 aliphatic heterocycles. The van der Waals surface area contributed by atoms with Crippen LogP contribution in [0.2, 0.25) is 5.02 Å². The normalized spacial score (nSPS) is 35.2. The molecule has 1 amide bonds. The third-order valence-electron chi connectivity index (χ3n) is 13.6. The van der Waals surface area contributed by atoms with E-state index in [-0.39, 0.29) is 17.3 Å². The number of fused-ring (bicyclic) bond motifs is 5. The van der Waals surface area contributed by atoms with Gasteiger partial charge in [0.25, 0.3) is 5.91 Å². The Morgan fingerprint density at radius 1 is 1.10 bits per heavy atom. The summed E-state index contributed by atoms with van der Waals surface area (Å²) >= 11 is 6.51. The molecule has 0 aromatic heterocycles. The summed E-state index contributed by atoms with van der Waals surface area (Å²) in [5.41, 5.74) is 2.96. The van der Waals surface area contributed by atoms with Crippen LogP contribution >= 0.6 is 11.6 Å². The number of rotatable bonds is 5. The number of hydrogen-bond acceptors (Lipinski definition) is 8. The van der Waals surface area contributed by atoms with E-state index < -0.39 is 26.3 Å². The molecule has 6 atom stereocenters. The first-order chi connectivity index (χ1) is 25.0. The monoisotopic (exact) mass is 751 g/mol. The molecule has 1 spiro atoms. The molecule has 3 heterocycles. The van der Waals surface area contributed by atoms with Gasteiger partial charge in [0.1, 0.15) is 11.4 Å². The van der Waals surface area contributed by atoms with Gasteiger partial charge in [0.15, 0.2) is 0 Å². The van der Waals surface area contributed by atoms with Crippen molar-refractivity contribution >= 4 is 33.2 Å². The first kappa shape index (κ1) is 36.4. The highest BCUT2D eigenvalue weighted by molar-refractivity contribution is 7.91. The van der Waals surface area contributed by atoms with Crippen molar-refractivity contribution < 1.29 is 27.4 Å². The second-order valence-corrected chi connectivity index (χ2v) is 19.2. The number of halogens is 1. The van der Waals surface area contributed by atoms with Crippen molar-refractivity contribution in [2.24, 2.45) is 17.8 Å². The molecule has 2 aromatic carbocycles. The summed E-state index contributed by atoms with van der Waals surface area (Å²) in [6.45, 7) is 9.19. The summed E-state index contributed by atoms with van der Waals surface area (Å²) in [6, 6.07) is 11.7. The van der Waals surface area contributed by atoms with Crippen molar-refractivity contribution in [1.29, 1.82) is 0 Å². The van der Waals surface area contributed by atoms with Crippen LogP contribution in [0, 0.1) is 17.8 Å². The Balaban J connectivity index is 1.21. The molecular weight excluding hydrogens is 698 g/mol. The highest BCUT2D eigenvalue weighted by Crippen LogP contribution is 2.53. The molecule has 2 saturated carbocycles. The number of nitrogens with zero attached hydrogens (tertiary/aromatic N) is 2. The van der Waals surface area contributed by atoms with Gasteiger partial charge in [-0.3, -0.25) is 9.69 Å². The lowest BCUT2D eigenvalue weighted by molar-refractivity contribution is -0.114. The van der Waals surface area contributed by atoms with Crippen molar-refractivity contribution in [3.63, 3.8) is 0 Å². The summed E-state index contributed by atoms with van der Waals surface area (Å²) in [7, 11) is -2.12. The number of benzene rings is 2. The predicted molar refractivity (Wildman–Crippen MR) is 204 cm³/mol. The third kappa shape index (κ3) is 6.48.